The van der Waals surface area contributed by atoms with E-state index in [-0.39, 0.29) is 29.5 Å². The molecule has 2 fully saturated rings. The van der Waals surface area contributed by atoms with Crippen LogP contribution in [-0.4, -0.2) is 52.8 Å². The number of amides is 2. The Balaban J connectivity index is 1.35. The van der Waals surface area contributed by atoms with E-state index in [0.29, 0.717) is 31.7 Å². The maximum Gasteiger partial charge on any atom is 0.228 e. The molecule has 34 heavy (non-hydrogen) atoms. The van der Waals surface area contributed by atoms with Gasteiger partial charge >= 0.3 is 0 Å². The van der Waals surface area contributed by atoms with Gasteiger partial charge in [-0.1, -0.05) is 18.2 Å². The number of hydrogen-bond acceptors (Lipinski definition) is 3. The zero-order chi connectivity index (χ0) is 23.5. The number of anilines is 1. The summed E-state index contributed by atoms with van der Waals surface area (Å²) in [6, 6.07) is 14.0. The van der Waals surface area contributed by atoms with Crippen molar-refractivity contribution >= 4 is 28.4 Å². The van der Waals surface area contributed by atoms with Crippen LogP contribution in [0.25, 0.3) is 10.9 Å². The fourth-order valence-corrected chi connectivity index (χ4v) is 5.34. The zero-order valence-corrected chi connectivity index (χ0v) is 19.3. The van der Waals surface area contributed by atoms with Gasteiger partial charge in [-0.2, -0.15) is 0 Å². The number of rotatable bonds is 5. The third-order valence-corrected chi connectivity index (χ3v) is 7.09. The van der Waals surface area contributed by atoms with Crippen molar-refractivity contribution in [3.05, 3.63) is 66.1 Å². The molecule has 2 atom stereocenters. The Bertz CT molecular complexity index is 1150. The number of benzene rings is 2. The summed E-state index contributed by atoms with van der Waals surface area (Å²) < 4.78 is 13.3. The molecule has 0 saturated carbocycles. The molecule has 2 aliphatic rings. The Morgan fingerprint density at radius 3 is 2.50 bits per heavy atom. The van der Waals surface area contributed by atoms with Gasteiger partial charge in [-0.3, -0.25) is 14.5 Å². The van der Waals surface area contributed by atoms with E-state index in [9.17, 15) is 14.0 Å². The number of para-hydroxylation sites is 1. The summed E-state index contributed by atoms with van der Waals surface area (Å²) in [6.07, 6.45) is 5.82. The molecule has 3 aromatic rings. The van der Waals surface area contributed by atoms with Crippen LogP contribution in [0.15, 0.2) is 54.7 Å². The van der Waals surface area contributed by atoms with Crippen LogP contribution < -0.4 is 5.32 Å². The molecule has 2 aliphatic heterocycles. The predicted octanol–water partition coefficient (Wildman–Crippen LogP) is 4.40. The summed E-state index contributed by atoms with van der Waals surface area (Å²) in [6.45, 7) is 3.52. The summed E-state index contributed by atoms with van der Waals surface area (Å²) in [5, 5.41) is 4.09. The summed E-state index contributed by atoms with van der Waals surface area (Å²) in [4.78, 5) is 34.1. The summed E-state index contributed by atoms with van der Waals surface area (Å²) in [5.41, 5.74) is 2.82. The van der Waals surface area contributed by atoms with E-state index in [1.54, 1.807) is 12.1 Å². The lowest BCUT2D eigenvalue weighted by molar-refractivity contribution is -0.140. The average Bonchev–Trinajstić information content (AvgIpc) is 3.28. The van der Waals surface area contributed by atoms with Gasteiger partial charge in [-0.15, -0.1) is 0 Å². The van der Waals surface area contributed by atoms with Gasteiger partial charge in [0.2, 0.25) is 11.8 Å². The Morgan fingerprint density at radius 1 is 0.971 bits per heavy atom. The van der Waals surface area contributed by atoms with Crippen LogP contribution in [0.4, 0.5) is 10.1 Å². The maximum absolute atomic E-state index is 13.4. The van der Waals surface area contributed by atoms with Gasteiger partial charge < -0.3 is 15.2 Å². The van der Waals surface area contributed by atoms with Crippen molar-refractivity contribution in [2.24, 2.45) is 11.8 Å². The smallest absolute Gasteiger partial charge is 0.228 e. The molecule has 178 valence electrons. The molecule has 2 aromatic carbocycles. The summed E-state index contributed by atoms with van der Waals surface area (Å²) in [5.74, 6) is -0.814. The lowest BCUT2D eigenvalue weighted by Gasteiger charge is -2.39. The van der Waals surface area contributed by atoms with Gasteiger partial charge in [0.1, 0.15) is 5.82 Å². The minimum atomic E-state index is -0.340. The lowest BCUT2D eigenvalue weighted by Crippen LogP contribution is -2.50. The van der Waals surface area contributed by atoms with E-state index in [2.05, 4.69) is 27.3 Å². The van der Waals surface area contributed by atoms with Crippen LogP contribution in [0.5, 0.6) is 0 Å². The van der Waals surface area contributed by atoms with Gasteiger partial charge in [-0.25, -0.2) is 4.39 Å². The van der Waals surface area contributed by atoms with E-state index >= 15 is 0 Å². The van der Waals surface area contributed by atoms with Crippen molar-refractivity contribution in [2.45, 2.75) is 32.2 Å². The first-order valence-electron chi connectivity index (χ1n) is 12.2. The molecular weight excluding hydrogens is 431 g/mol. The fourth-order valence-electron chi connectivity index (χ4n) is 5.34. The second-order valence-electron chi connectivity index (χ2n) is 9.57. The first-order chi connectivity index (χ1) is 16.6. The number of aromatic nitrogens is 1. The monoisotopic (exact) mass is 462 g/mol. The van der Waals surface area contributed by atoms with Gasteiger partial charge in [0.15, 0.2) is 0 Å². The number of carbonyl (C=O) groups is 2. The van der Waals surface area contributed by atoms with Crippen LogP contribution in [-0.2, 0) is 16.1 Å². The van der Waals surface area contributed by atoms with Crippen LogP contribution in [0.3, 0.4) is 0 Å². The van der Waals surface area contributed by atoms with Crippen LogP contribution in [0, 0.1) is 17.7 Å². The first-order valence-corrected chi connectivity index (χ1v) is 12.2. The summed E-state index contributed by atoms with van der Waals surface area (Å²) >= 11 is 0. The van der Waals surface area contributed by atoms with Crippen LogP contribution >= 0.6 is 0 Å². The largest absolute Gasteiger partial charge is 0.361 e. The predicted molar refractivity (Wildman–Crippen MR) is 131 cm³/mol. The van der Waals surface area contributed by atoms with Crippen LogP contribution in [0.2, 0.25) is 0 Å². The Hall–Kier alpha value is -3.19. The van der Waals surface area contributed by atoms with Gasteiger partial charge in [-0.05, 0) is 61.6 Å². The second kappa shape index (κ2) is 9.97. The molecule has 0 aliphatic carbocycles. The second-order valence-corrected chi connectivity index (χ2v) is 9.57. The maximum atomic E-state index is 13.4. The number of halogens is 1. The van der Waals surface area contributed by atoms with Crippen molar-refractivity contribution in [1.29, 1.82) is 0 Å². The third kappa shape index (κ3) is 4.99. The molecule has 2 N–H and O–H groups in total. The van der Waals surface area contributed by atoms with Crippen molar-refractivity contribution in [3.63, 3.8) is 0 Å². The third-order valence-electron chi connectivity index (χ3n) is 7.09. The van der Waals surface area contributed by atoms with E-state index in [1.165, 1.54) is 29.5 Å². The molecule has 0 bridgehead atoms. The molecule has 0 radical (unpaired) electrons. The highest BCUT2D eigenvalue weighted by Crippen LogP contribution is 2.29. The van der Waals surface area contributed by atoms with Crippen molar-refractivity contribution < 1.29 is 14.0 Å². The summed E-state index contributed by atoms with van der Waals surface area (Å²) in [7, 11) is 0. The molecular formula is C27H31FN4O2. The number of nitrogens with zero attached hydrogens (tertiary/aromatic N) is 2. The molecule has 0 unspecified atom stereocenters. The number of hydrogen-bond donors (Lipinski definition) is 2. The quantitative estimate of drug-likeness (QED) is 0.591. The van der Waals surface area contributed by atoms with Crippen molar-refractivity contribution in [3.8, 4) is 0 Å². The first kappa shape index (κ1) is 22.6. The topological polar surface area (TPSA) is 68.4 Å². The SMILES string of the molecule is O=C(Nc1ccc(F)cc1)[C@@H]1C[C@H](C(=O)N2CCCCC2)CN(Cc2c[nH]c3ccccc23)C1. The molecule has 2 amide bonds. The standard InChI is InChI=1S/C27H31FN4O2/c28-22-8-10-23(11-9-22)30-26(33)19-14-20(27(34)32-12-4-1-5-13-32)17-31(16-19)18-21-15-29-25-7-3-2-6-24(21)25/h2-3,6-11,15,19-20,29H,1,4-5,12-14,16-18H2,(H,30,33)/t19-,20+/m1/s1. The Labute approximate surface area is 199 Å². The normalized spacial score (nSPS) is 21.5. The van der Waals surface area contributed by atoms with Crippen molar-refractivity contribution in [1.82, 2.24) is 14.8 Å². The minimum absolute atomic E-state index is 0.119. The van der Waals surface area contributed by atoms with E-state index in [0.717, 1.165) is 31.4 Å². The Kier molecular flexibility index (Phi) is 6.63. The molecule has 2 saturated heterocycles. The van der Waals surface area contributed by atoms with E-state index in [1.807, 2.05) is 23.2 Å². The fraction of sp³-hybridized carbons (Fsp3) is 0.407. The number of fused-ring (bicyclic) bond motifs is 1. The highest BCUT2D eigenvalue weighted by atomic mass is 19.1. The number of likely N-dealkylation sites (tertiary alicyclic amines) is 2. The molecule has 7 heteroatoms. The highest BCUT2D eigenvalue weighted by Gasteiger charge is 2.37. The van der Waals surface area contributed by atoms with Gasteiger partial charge in [0, 0.05) is 55.5 Å². The molecule has 3 heterocycles. The highest BCUT2D eigenvalue weighted by molar-refractivity contribution is 5.93. The average molecular weight is 463 g/mol. The van der Waals surface area contributed by atoms with Crippen LogP contribution in [0.1, 0.15) is 31.2 Å². The number of piperidine rings is 2. The number of nitrogens with one attached hydrogen (secondary N) is 2. The van der Waals surface area contributed by atoms with E-state index < -0.39 is 0 Å². The van der Waals surface area contributed by atoms with E-state index in [4.69, 9.17) is 0 Å². The molecule has 6 nitrogen and oxygen atoms in total. The van der Waals surface area contributed by atoms with Gasteiger partial charge in [0.25, 0.3) is 0 Å². The Morgan fingerprint density at radius 2 is 1.71 bits per heavy atom. The number of H-pyrrole nitrogens is 1. The van der Waals surface area contributed by atoms with Gasteiger partial charge in [0.05, 0.1) is 11.8 Å². The molecule has 0 spiro atoms. The number of aromatic amines is 1. The zero-order valence-electron chi connectivity index (χ0n) is 19.3. The molecule has 1 aromatic heterocycles. The lowest BCUT2D eigenvalue weighted by atomic mass is 9.86. The minimum Gasteiger partial charge on any atom is -0.361 e. The molecule has 5 rings (SSSR count). The van der Waals surface area contributed by atoms with Crippen molar-refractivity contribution in [2.75, 3.05) is 31.5 Å². The number of carbonyl (C=O) groups excluding carboxylic acids is 2.